The van der Waals surface area contributed by atoms with Gasteiger partial charge in [0.25, 0.3) is 0 Å². The molecule has 2 rings (SSSR count). The van der Waals surface area contributed by atoms with Crippen LogP contribution in [0.15, 0.2) is 36.4 Å². The van der Waals surface area contributed by atoms with Crippen molar-refractivity contribution in [2.75, 3.05) is 18.5 Å². The van der Waals surface area contributed by atoms with E-state index in [0.29, 0.717) is 0 Å². The van der Waals surface area contributed by atoms with Crippen molar-refractivity contribution in [1.82, 2.24) is 0 Å². The summed E-state index contributed by atoms with van der Waals surface area (Å²) in [5.74, 6) is 0. The Morgan fingerprint density at radius 3 is 2.45 bits per heavy atom. The van der Waals surface area contributed by atoms with Crippen LogP contribution in [0.1, 0.15) is 43.0 Å². The summed E-state index contributed by atoms with van der Waals surface area (Å²) in [6, 6.07) is 12.1. The van der Waals surface area contributed by atoms with Crippen molar-refractivity contribution in [3.8, 4) is 0 Å². The zero-order valence-corrected chi connectivity index (χ0v) is 12.4. The lowest BCUT2D eigenvalue weighted by atomic mass is 10.0. The zero-order chi connectivity index (χ0) is 14.4. The topological polar surface area (TPSA) is 20.3 Å². The average molecular weight is 269 g/mol. The van der Waals surface area contributed by atoms with E-state index in [0.717, 1.165) is 29.2 Å². The first-order valence-corrected chi connectivity index (χ1v) is 7.46. The summed E-state index contributed by atoms with van der Waals surface area (Å²) in [7, 11) is 2.13. The molecular formula is C18H23NO. The summed E-state index contributed by atoms with van der Waals surface area (Å²) in [5, 5.41) is 2.20. The van der Waals surface area contributed by atoms with Crippen LogP contribution in [0.4, 0.5) is 5.69 Å². The lowest BCUT2D eigenvalue weighted by Crippen LogP contribution is -2.18. The van der Waals surface area contributed by atoms with Gasteiger partial charge in [-0.15, -0.1) is 0 Å². The van der Waals surface area contributed by atoms with Crippen LogP contribution in [0.2, 0.25) is 0 Å². The third kappa shape index (κ3) is 3.19. The molecule has 0 aliphatic carbocycles. The third-order valence-electron chi connectivity index (χ3n) is 3.82. The van der Waals surface area contributed by atoms with Gasteiger partial charge in [0, 0.05) is 30.2 Å². The maximum atomic E-state index is 11.1. The summed E-state index contributed by atoms with van der Waals surface area (Å²) < 4.78 is 0. The van der Waals surface area contributed by atoms with E-state index in [9.17, 15) is 4.79 Å². The number of carbonyl (C=O) groups excluding carboxylic acids is 1. The van der Waals surface area contributed by atoms with Gasteiger partial charge in [-0.2, -0.15) is 0 Å². The minimum absolute atomic E-state index is 0.767. The largest absolute Gasteiger partial charge is 0.374 e. The monoisotopic (exact) mass is 269 g/mol. The summed E-state index contributed by atoms with van der Waals surface area (Å²) in [4.78, 5) is 13.4. The number of unbranched alkanes of at least 4 members (excludes halogenated alkanes) is 3. The number of benzene rings is 2. The number of anilines is 1. The normalized spacial score (nSPS) is 10.7. The molecular weight excluding hydrogens is 246 g/mol. The molecule has 0 spiro atoms. The fourth-order valence-electron chi connectivity index (χ4n) is 2.64. The molecule has 0 aromatic heterocycles. The van der Waals surface area contributed by atoms with Gasteiger partial charge in [-0.3, -0.25) is 4.79 Å². The fraction of sp³-hybridized carbons (Fsp3) is 0.389. The van der Waals surface area contributed by atoms with Gasteiger partial charge in [-0.1, -0.05) is 50.5 Å². The Kier molecular flexibility index (Phi) is 5.16. The predicted octanol–water partition coefficient (Wildman–Crippen LogP) is 4.67. The molecule has 2 heteroatoms. The van der Waals surface area contributed by atoms with Crippen molar-refractivity contribution in [2.45, 2.75) is 32.6 Å². The van der Waals surface area contributed by atoms with E-state index in [-0.39, 0.29) is 0 Å². The number of rotatable bonds is 7. The highest BCUT2D eigenvalue weighted by atomic mass is 16.1. The van der Waals surface area contributed by atoms with Gasteiger partial charge in [0.2, 0.25) is 0 Å². The molecule has 0 heterocycles. The van der Waals surface area contributed by atoms with Crippen LogP contribution in [0.25, 0.3) is 10.8 Å². The molecule has 106 valence electrons. The van der Waals surface area contributed by atoms with Crippen LogP contribution in [-0.4, -0.2) is 19.9 Å². The Balaban J connectivity index is 2.23. The van der Waals surface area contributed by atoms with Crippen LogP contribution in [0.3, 0.4) is 0 Å². The Labute approximate surface area is 121 Å². The maximum absolute atomic E-state index is 11.1. The Morgan fingerprint density at radius 2 is 1.75 bits per heavy atom. The van der Waals surface area contributed by atoms with Crippen molar-refractivity contribution in [2.24, 2.45) is 0 Å². The highest BCUT2D eigenvalue weighted by Crippen LogP contribution is 2.28. The number of hydrogen-bond donors (Lipinski definition) is 0. The summed E-state index contributed by atoms with van der Waals surface area (Å²) >= 11 is 0. The van der Waals surface area contributed by atoms with Crippen molar-refractivity contribution < 1.29 is 4.79 Å². The molecule has 2 aromatic carbocycles. The molecule has 0 amide bonds. The van der Waals surface area contributed by atoms with Crippen LogP contribution >= 0.6 is 0 Å². The lowest BCUT2D eigenvalue weighted by Gasteiger charge is -2.21. The highest BCUT2D eigenvalue weighted by Gasteiger charge is 2.08. The van der Waals surface area contributed by atoms with Gasteiger partial charge < -0.3 is 4.90 Å². The van der Waals surface area contributed by atoms with Gasteiger partial charge in [0.1, 0.15) is 0 Å². The Hall–Kier alpha value is -1.83. The molecule has 0 saturated carbocycles. The molecule has 0 fully saturated rings. The van der Waals surface area contributed by atoms with Gasteiger partial charge in [0.15, 0.2) is 6.29 Å². The molecule has 2 nitrogen and oxygen atoms in total. The number of nitrogens with zero attached hydrogens (tertiary/aromatic N) is 1. The second kappa shape index (κ2) is 7.09. The van der Waals surface area contributed by atoms with E-state index in [2.05, 4.69) is 31.0 Å². The lowest BCUT2D eigenvalue weighted by molar-refractivity contribution is 0.112. The first-order chi connectivity index (χ1) is 9.77. The van der Waals surface area contributed by atoms with Crippen LogP contribution in [-0.2, 0) is 0 Å². The summed E-state index contributed by atoms with van der Waals surface area (Å²) in [6.07, 6.45) is 6.01. The highest BCUT2D eigenvalue weighted by molar-refractivity contribution is 6.04. The van der Waals surface area contributed by atoms with E-state index >= 15 is 0 Å². The Morgan fingerprint density at radius 1 is 1.00 bits per heavy atom. The molecule has 0 saturated heterocycles. The van der Waals surface area contributed by atoms with E-state index < -0.39 is 0 Å². The third-order valence-corrected chi connectivity index (χ3v) is 3.82. The fourth-order valence-corrected chi connectivity index (χ4v) is 2.64. The zero-order valence-electron chi connectivity index (χ0n) is 12.4. The number of carbonyl (C=O) groups is 1. The first kappa shape index (κ1) is 14.6. The number of fused-ring (bicyclic) bond motifs is 1. The summed E-state index contributed by atoms with van der Waals surface area (Å²) in [5.41, 5.74) is 1.98. The average Bonchev–Trinajstić information content (AvgIpc) is 2.50. The Bertz CT molecular complexity index is 577. The van der Waals surface area contributed by atoms with Gasteiger partial charge in [-0.25, -0.2) is 0 Å². The van der Waals surface area contributed by atoms with Gasteiger partial charge >= 0.3 is 0 Å². The van der Waals surface area contributed by atoms with E-state index in [1.54, 1.807) is 0 Å². The molecule has 0 unspecified atom stereocenters. The van der Waals surface area contributed by atoms with E-state index in [1.165, 1.54) is 31.4 Å². The van der Waals surface area contributed by atoms with Crippen molar-refractivity contribution in [3.05, 3.63) is 42.0 Å². The summed E-state index contributed by atoms with van der Waals surface area (Å²) in [6.45, 7) is 3.29. The van der Waals surface area contributed by atoms with Crippen LogP contribution < -0.4 is 4.90 Å². The molecule has 0 aliphatic rings. The van der Waals surface area contributed by atoms with E-state index in [1.807, 2.05) is 24.3 Å². The molecule has 0 N–H and O–H groups in total. The molecule has 0 bridgehead atoms. The van der Waals surface area contributed by atoms with Crippen molar-refractivity contribution in [1.29, 1.82) is 0 Å². The molecule has 2 aromatic rings. The second-order valence-electron chi connectivity index (χ2n) is 5.32. The van der Waals surface area contributed by atoms with Crippen molar-refractivity contribution >= 4 is 22.7 Å². The molecule has 0 aliphatic heterocycles. The minimum atomic E-state index is 0.767. The van der Waals surface area contributed by atoms with Gasteiger partial charge in [0.05, 0.1) is 0 Å². The standard InChI is InChI=1S/C18H23NO/c1-3-4-5-8-13-19(2)18-12-11-15(14-20)16-9-6-7-10-17(16)18/h6-7,9-12,14H,3-5,8,13H2,1-2H3. The van der Waals surface area contributed by atoms with Gasteiger partial charge in [-0.05, 0) is 23.9 Å². The first-order valence-electron chi connectivity index (χ1n) is 7.46. The SMILES string of the molecule is CCCCCCN(C)c1ccc(C=O)c2ccccc12. The molecule has 0 radical (unpaired) electrons. The minimum Gasteiger partial charge on any atom is -0.374 e. The smallest absolute Gasteiger partial charge is 0.150 e. The molecule has 0 atom stereocenters. The quantitative estimate of drug-likeness (QED) is 0.538. The maximum Gasteiger partial charge on any atom is 0.150 e. The van der Waals surface area contributed by atoms with Crippen LogP contribution in [0.5, 0.6) is 0 Å². The predicted molar refractivity (Wildman–Crippen MR) is 86.7 cm³/mol. The van der Waals surface area contributed by atoms with Crippen LogP contribution in [0, 0.1) is 0 Å². The van der Waals surface area contributed by atoms with E-state index in [4.69, 9.17) is 0 Å². The van der Waals surface area contributed by atoms with Crippen molar-refractivity contribution in [3.63, 3.8) is 0 Å². The molecule has 20 heavy (non-hydrogen) atoms. The number of aldehydes is 1. The second-order valence-corrected chi connectivity index (χ2v) is 5.32. The number of hydrogen-bond acceptors (Lipinski definition) is 2.